The summed E-state index contributed by atoms with van der Waals surface area (Å²) in [5.74, 6) is 2.52. The van der Waals surface area contributed by atoms with Crippen molar-refractivity contribution in [2.45, 2.75) is 167 Å². The number of fused-ring (bicyclic) bond motifs is 7. The Balaban J connectivity index is 0.999. The summed E-state index contributed by atoms with van der Waals surface area (Å²) in [7, 11) is -3.07. The minimum Gasteiger partial charge on any atom is -0.481 e. The summed E-state index contributed by atoms with van der Waals surface area (Å²) in [6.07, 6.45) is 23.4. The third kappa shape index (κ3) is 7.09. The Morgan fingerprint density at radius 1 is 0.900 bits per heavy atom. The van der Waals surface area contributed by atoms with E-state index >= 15 is 0 Å². The molecule has 3 N–H and O–H groups in total. The van der Waals surface area contributed by atoms with E-state index in [1.165, 1.54) is 74.3 Å². The molecule has 0 amide bonds. The van der Waals surface area contributed by atoms with Crippen molar-refractivity contribution in [1.29, 1.82) is 0 Å². The second-order valence-corrected chi connectivity index (χ2v) is 25.1. The van der Waals surface area contributed by atoms with Crippen LogP contribution < -0.4 is 10.1 Å². The fourth-order valence-corrected chi connectivity index (χ4v) is 17.2. The third-order valence-corrected chi connectivity index (χ3v) is 21.4. The van der Waals surface area contributed by atoms with Crippen molar-refractivity contribution in [1.82, 2.24) is 10.3 Å². The summed E-state index contributed by atoms with van der Waals surface area (Å²) in [5, 5.41) is 25.9. The molecule has 5 saturated carbocycles. The van der Waals surface area contributed by atoms with Gasteiger partial charge in [0.25, 0.3) is 0 Å². The molecule has 60 heavy (non-hydrogen) atoms. The average Bonchev–Trinajstić information content (AvgIpc) is 3.58. The Morgan fingerprint density at radius 2 is 1.65 bits per heavy atom. The second kappa shape index (κ2) is 15.3. The number of ether oxygens (including phenoxy) is 1. The summed E-state index contributed by atoms with van der Waals surface area (Å²) in [4.78, 5) is 17.0. The minimum absolute atomic E-state index is 0.0121. The number of carboxylic acids is 1. The van der Waals surface area contributed by atoms with Crippen molar-refractivity contribution in [3.63, 3.8) is 0 Å². The summed E-state index contributed by atoms with van der Waals surface area (Å²) in [6.45, 7) is 20.8. The molecule has 7 aliphatic carbocycles. The first-order valence-electron chi connectivity index (χ1n) is 23.6. The number of hydrogen-bond donors (Lipinski definition) is 3. The van der Waals surface area contributed by atoms with Gasteiger partial charge < -0.3 is 20.3 Å². The van der Waals surface area contributed by atoms with Crippen molar-refractivity contribution in [3.05, 3.63) is 59.8 Å². The van der Waals surface area contributed by atoms with E-state index in [4.69, 9.17) is 4.74 Å². The standard InChI is InChI=1S/C51H76N2O6S/c1-34(2)37-18-27-51(53-32-30-50(56)25-16-36(17-26-50)60(8,57)58)29-28-47(6)39(43(37)51)12-13-41-46(5)21-19-38(45(3,4)40(46)20-22-48(41,47)7)35-14-23-49(24-15-35,44(54)55)33-59-42-11-9-10-31-52-42/h9-11,14,19,31,36-37,39-41,43,53,56H,1,12-13,15-18,20-30,32-33H2,2-8H3,(H,54,55)/t36?,37?,39-,40+,41-,43-,46+,47-,48-,49?,50?,51+/m1/s1. The average molecular weight is 845 g/mol. The van der Waals surface area contributed by atoms with Gasteiger partial charge in [0.2, 0.25) is 5.88 Å². The second-order valence-electron chi connectivity index (χ2n) is 22.8. The number of aromatic nitrogens is 1. The van der Waals surface area contributed by atoms with Gasteiger partial charge in [-0.3, -0.25) is 4.79 Å². The number of nitrogens with one attached hydrogen (secondary N) is 1. The normalized spacial score (nSPS) is 43.6. The molecule has 5 fully saturated rings. The molecular formula is C51H76N2O6S. The predicted octanol–water partition coefficient (Wildman–Crippen LogP) is 10.3. The van der Waals surface area contributed by atoms with Crippen LogP contribution in [0.15, 0.2) is 59.8 Å². The summed E-state index contributed by atoms with van der Waals surface area (Å²) < 4.78 is 30.4. The lowest BCUT2D eigenvalue weighted by atomic mass is 9.33. The number of sulfone groups is 1. The van der Waals surface area contributed by atoms with E-state index in [0.29, 0.717) is 80.4 Å². The van der Waals surface area contributed by atoms with E-state index in [1.807, 2.05) is 12.1 Å². The first-order valence-corrected chi connectivity index (χ1v) is 25.6. The molecule has 10 atom stereocenters. The molecule has 2 unspecified atom stereocenters. The highest BCUT2D eigenvalue weighted by atomic mass is 32.2. The summed E-state index contributed by atoms with van der Waals surface area (Å²) in [6, 6.07) is 5.48. The van der Waals surface area contributed by atoms with Crippen LogP contribution in [0.25, 0.3) is 0 Å². The Morgan fingerprint density at radius 3 is 2.28 bits per heavy atom. The Kier molecular flexibility index (Phi) is 11.3. The molecule has 1 aromatic heterocycles. The SMILES string of the molecule is C=C(C)C1CC[C@]2(NCCC3(O)CCC(S(C)(=O)=O)CC3)CC[C@]3(C)[C@H](CC[C@@H]4[C@@]5(C)CC=C(C6=CCC(COc7ccccn7)(C(=O)O)CC6)C(C)(C)[C@@H]5CC[C@]43C)[C@@H]12. The van der Waals surface area contributed by atoms with Gasteiger partial charge in [0.15, 0.2) is 0 Å². The van der Waals surface area contributed by atoms with Crippen LogP contribution in [-0.4, -0.2) is 65.4 Å². The maximum Gasteiger partial charge on any atom is 0.313 e. The molecule has 7 aliphatic rings. The van der Waals surface area contributed by atoms with Gasteiger partial charge in [-0.1, -0.05) is 65.0 Å². The van der Waals surface area contributed by atoms with Crippen molar-refractivity contribution < 1.29 is 28.2 Å². The largest absolute Gasteiger partial charge is 0.481 e. The molecular weight excluding hydrogens is 769 g/mol. The number of aliphatic hydroxyl groups is 1. The van der Waals surface area contributed by atoms with Crippen LogP contribution in [0.2, 0.25) is 0 Å². The molecule has 9 heteroatoms. The van der Waals surface area contributed by atoms with Crippen molar-refractivity contribution in [3.8, 4) is 5.88 Å². The van der Waals surface area contributed by atoms with Crippen LogP contribution in [0, 0.1) is 56.7 Å². The summed E-state index contributed by atoms with van der Waals surface area (Å²) >= 11 is 0. The molecule has 0 radical (unpaired) electrons. The van der Waals surface area contributed by atoms with Crippen LogP contribution in [0.4, 0.5) is 0 Å². The van der Waals surface area contributed by atoms with Gasteiger partial charge in [-0.15, -0.1) is 0 Å². The van der Waals surface area contributed by atoms with E-state index in [0.717, 1.165) is 19.4 Å². The van der Waals surface area contributed by atoms with Crippen LogP contribution in [-0.2, 0) is 14.6 Å². The van der Waals surface area contributed by atoms with Crippen LogP contribution in [0.1, 0.15) is 151 Å². The van der Waals surface area contributed by atoms with E-state index in [2.05, 4.69) is 70.6 Å². The zero-order chi connectivity index (χ0) is 43.1. The topological polar surface area (TPSA) is 126 Å². The number of carbonyl (C=O) groups is 1. The first kappa shape index (κ1) is 44.1. The number of nitrogens with zero attached hydrogens (tertiary/aromatic N) is 1. The molecule has 0 aliphatic heterocycles. The van der Waals surface area contributed by atoms with Crippen molar-refractivity contribution in [2.75, 3.05) is 19.4 Å². The molecule has 1 aromatic rings. The Bertz CT molecular complexity index is 2000. The smallest absolute Gasteiger partial charge is 0.313 e. The highest BCUT2D eigenvalue weighted by Gasteiger charge is 2.70. The molecule has 332 valence electrons. The fourth-order valence-electron chi connectivity index (χ4n) is 16.1. The van der Waals surface area contributed by atoms with Gasteiger partial charge in [-0.05, 0) is 191 Å². The fraction of sp³-hybridized carbons (Fsp3) is 0.765. The van der Waals surface area contributed by atoms with Gasteiger partial charge in [0.05, 0.1) is 10.9 Å². The van der Waals surface area contributed by atoms with Crippen molar-refractivity contribution >= 4 is 15.8 Å². The highest BCUT2D eigenvalue weighted by Crippen LogP contribution is 2.76. The molecule has 8 nitrogen and oxygen atoms in total. The van der Waals surface area contributed by atoms with E-state index in [-0.39, 0.29) is 39.1 Å². The molecule has 8 rings (SSSR count). The maximum absolute atomic E-state index is 12.7. The number of pyridine rings is 1. The molecule has 0 aromatic carbocycles. The number of rotatable bonds is 11. The molecule has 1 heterocycles. The van der Waals surface area contributed by atoms with E-state index < -0.39 is 26.8 Å². The van der Waals surface area contributed by atoms with Gasteiger partial charge in [0, 0.05) is 24.1 Å². The summed E-state index contributed by atoms with van der Waals surface area (Å²) in [5.41, 5.74) is 3.07. The highest BCUT2D eigenvalue weighted by molar-refractivity contribution is 7.91. The van der Waals surface area contributed by atoms with Gasteiger partial charge in [-0.2, -0.15) is 0 Å². The quantitative estimate of drug-likeness (QED) is 0.188. The predicted molar refractivity (Wildman–Crippen MR) is 239 cm³/mol. The number of allylic oxidation sites excluding steroid dienone is 5. The monoisotopic (exact) mass is 845 g/mol. The van der Waals surface area contributed by atoms with Crippen molar-refractivity contribution in [2.24, 2.45) is 56.7 Å². The Hall–Kier alpha value is -2.49. The minimum atomic E-state index is -3.07. The lowest BCUT2D eigenvalue weighted by Gasteiger charge is -2.72. The van der Waals surface area contributed by atoms with Gasteiger partial charge in [-0.25, -0.2) is 13.4 Å². The van der Waals surface area contributed by atoms with Crippen LogP contribution >= 0.6 is 0 Å². The zero-order valence-electron chi connectivity index (χ0n) is 38.0. The maximum atomic E-state index is 12.7. The lowest BCUT2D eigenvalue weighted by Crippen LogP contribution is -2.68. The number of aliphatic carboxylic acids is 1. The number of hydrogen-bond acceptors (Lipinski definition) is 7. The molecule has 0 spiro atoms. The van der Waals surface area contributed by atoms with Crippen LogP contribution in [0.5, 0.6) is 5.88 Å². The molecule has 0 saturated heterocycles. The van der Waals surface area contributed by atoms with Gasteiger partial charge >= 0.3 is 5.97 Å². The van der Waals surface area contributed by atoms with E-state index in [1.54, 1.807) is 12.3 Å². The van der Waals surface area contributed by atoms with Gasteiger partial charge in [0.1, 0.15) is 21.9 Å². The third-order valence-electron chi connectivity index (χ3n) is 19.7. The first-order chi connectivity index (χ1) is 28.1. The zero-order valence-corrected chi connectivity index (χ0v) is 38.8. The van der Waals surface area contributed by atoms with Crippen LogP contribution in [0.3, 0.4) is 0 Å². The lowest BCUT2D eigenvalue weighted by molar-refractivity contribution is -0.221. The van der Waals surface area contributed by atoms with E-state index in [9.17, 15) is 23.4 Å². The molecule has 0 bridgehead atoms. The number of carboxylic acid groups (broad SMARTS) is 1. The Labute approximate surface area is 361 Å².